The highest BCUT2D eigenvalue weighted by Gasteiger charge is 2.24. The van der Waals surface area contributed by atoms with Crippen LogP contribution >= 0.6 is 0 Å². The molecule has 4 rings (SSSR count). The lowest BCUT2D eigenvalue weighted by Gasteiger charge is -2.22. The van der Waals surface area contributed by atoms with Crippen molar-refractivity contribution in [3.8, 4) is 11.4 Å². The minimum absolute atomic E-state index is 0.296. The zero-order valence-electron chi connectivity index (χ0n) is 13.1. The van der Waals surface area contributed by atoms with Crippen molar-refractivity contribution in [1.82, 2.24) is 14.5 Å². The highest BCUT2D eigenvalue weighted by molar-refractivity contribution is 5.74. The van der Waals surface area contributed by atoms with Gasteiger partial charge in [0, 0.05) is 24.8 Å². The van der Waals surface area contributed by atoms with E-state index < -0.39 is 0 Å². The molecular formula is C18H19N3O2. The predicted molar refractivity (Wildman–Crippen MR) is 88.2 cm³/mol. The molecule has 1 aromatic carbocycles. The number of rotatable bonds is 3. The summed E-state index contributed by atoms with van der Waals surface area (Å²) in [5, 5.41) is 0. The lowest BCUT2D eigenvalue weighted by atomic mass is 10.0. The van der Waals surface area contributed by atoms with Crippen molar-refractivity contribution >= 4 is 11.2 Å². The molecule has 0 spiro atoms. The van der Waals surface area contributed by atoms with E-state index in [0.29, 0.717) is 12.5 Å². The summed E-state index contributed by atoms with van der Waals surface area (Å²) in [6.07, 6.45) is 3.97. The molecule has 1 atom stereocenters. The van der Waals surface area contributed by atoms with Crippen LogP contribution in [0.15, 0.2) is 42.6 Å². The van der Waals surface area contributed by atoms with E-state index in [-0.39, 0.29) is 0 Å². The summed E-state index contributed by atoms with van der Waals surface area (Å²) in [6.45, 7) is 1.56. The molecule has 3 aromatic rings. The second kappa shape index (κ2) is 6.01. The fraction of sp³-hybridized carbons (Fsp3) is 0.333. The van der Waals surface area contributed by atoms with E-state index in [9.17, 15) is 0 Å². The van der Waals surface area contributed by atoms with Gasteiger partial charge in [0.1, 0.15) is 17.1 Å². The Hall–Kier alpha value is -2.40. The Kier molecular flexibility index (Phi) is 3.71. The maximum atomic E-state index is 5.67. The lowest BCUT2D eigenvalue weighted by molar-refractivity contribution is 0.0778. The fourth-order valence-corrected chi connectivity index (χ4v) is 3.15. The SMILES string of the molecule is COc1cccc(-n2c(C3CCCOC3)nc3cccnc32)c1. The summed E-state index contributed by atoms with van der Waals surface area (Å²) in [7, 11) is 1.68. The van der Waals surface area contributed by atoms with Crippen LogP contribution in [0, 0.1) is 0 Å². The average molecular weight is 309 g/mol. The van der Waals surface area contributed by atoms with Gasteiger partial charge in [-0.05, 0) is 37.1 Å². The first-order valence-corrected chi connectivity index (χ1v) is 7.92. The van der Waals surface area contributed by atoms with Crippen LogP contribution in [0.25, 0.3) is 16.9 Å². The number of fused-ring (bicyclic) bond motifs is 1. The zero-order chi connectivity index (χ0) is 15.6. The molecule has 0 amide bonds. The first kappa shape index (κ1) is 14.2. The quantitative estimate of drug-likeness (QED) is 0.744. The maximum absolute atomic E-state index is 5.67. The van der Waals surface area contributed by atoms with Gasteiger partial charge >= 0.3 is 0 Å². The number of aromatic nitrogens is 3. The Morgan fingerprint density at radius 1 is 1.26 bits per heavy atom. The van der Waals surface area contributed by atoms with Gasteiger partial charge < -0.3 is 9.47 Å². The van der Waals surface area contributed by atoms with Crippen molar-refractivity contribution in [3.05, 3.63) is 48.4 Å². The van der Waals surface area contributed by atoms with Crippen molar-refractivity contribution in [2.24, 2.45) is 0 Å². The van der Waals surface area contributed by atoms with E-state index in [4.69, 9.17) is 14.5 Å². The van der Waals surface area contributed by atoms with Gasteiger partial charge in [0.05, 0.1) is 19.4 Å². The molecule has 0 radical (unpaired) electrons. The second-order valence-corrected chi connectivity index (χ2v) is 5.77. The molecule has 1 aliphatic rings. The van der Waals surface area contributed by atoms with E-state index >= 15 is 0 Å². The van der Waals surface area contributed by atoms with Crippen molar-refractivity contribution < 1.29 is 9.47 Å². The van der Waals surface area contributed by atoms with Crippen LogP contribution in [0.1, 0.15) is 24.6 Å². The molecule has 1 aliphatic heterocycles. The van der Waals surface area contributed by atoms with E-state index in [2.05, 4.69) is 15.6 Å². The summed E-state index contributed by atoms with van der Waals surface area (Å²) < 4.78 is 13.2. The number of imidazole rings is 1. The molecule has 0 N–H and O–H groups in total. The van der Waals surface area contributed by atoms with E-state index in [1.54, 1.807) is 7.11 Å². The van der Waals surface area contributed by atoms with Crippen LogP contribution in [-0.2, 0) is 4.74 Å². The van der Waals surface area contributed by atoms with Gasteiger partial charge in [0.2, 0.25) is 0 Å². The third-order valence-electron chi connectivity index (χ3n) is 4.28. The Balaban J connectivity index is 1.91. The summed E-state index contributed by atoms with van der Waals surface area (Å²) in [5.41, 5.74) is 2.81. The number of pyridine rings is 1. The van der Waals surface area contributed by atoms with Gasteiger partial charge in [-0.25, -0.2) is 9.97 Å². The number of methoxy groups -OCH3 is 1. The third kappa shape index (κ3) is 2.57. The normalized spacial score (nSPS) is 18.2. The summed E-state index contributed by atoms with van der Waals surface area (Å²) in [5.74, 6) is 2.14. The van der Waals surface area contributed by atoms with Gasteiger partial charge in [-0.1, -0.05) is 6.07 Å². The minimum Gasteiger partial charge on any atom is -0.497 e. The van der Waals surface area contributed by atoms with Gasteiger partial charge in [-0.2, -0.15) is 0 Å². The van der Waals surface area contributed by atoms with Crippen molar-refractivity contribution in [2.75, 3.05) is 20.3 Å². The summed E-state index contributed by atoms with van der Waals surface area (Å²) >= 11 is 0. The number of benzene rings is 1. The van der Waals surface area contributed by atoms with Crippen LogP contribution in [0.5, 0.6) is 5.75 Å². The molecular weight excluding hydrogens is 290 g/mol. The number of hydrogen-bond donors (Lipinski definition) is 0. The molecule has 1 fully saturated rings. The maximum Gasteiger partial charge on any atom is 0.164 e. The first-order valence-electron chi connectivity index (χ1n) is 7.92. The highest BCUT2D eigenvalue weighted by Crippen LogP contribution is 2.31. The average Bonchev–Trinajstić information content (AvgIpc) is 3.02. The van der Waals surface area contributed by atoms with Crippen molar-refractivity contribution in [3.63, 3.8) is 0 Å². The predicted octanol–water partition coefficient (Wildman–Crippen LogP) is 3.32. The molecule has 0 saturated carbocycles. The molecule has 23 heavy (non-hydrogen) atoms. The standard InChI is InChI=1S/C18H19N3O2/c1-22-15-7-2-6-14(11-15)21-17(13-5-4-10-23-12-13)20-16-8-3-9-19-18(16)21/h2-3,6-9,11,13H,4-5,10,12H2,1H3. The number of nitrogens with zero attached hydrogens (tertiary/aromatic N) is 3. The van der Waals surface area contributed by atoms with Crippen molar-refractivity contribution in [2.45, 2.75) is 18.8 Å². The van der Waals surface area contributed by atoms with Crippen LogP contribution in [0.2, 0.25) is 0 Å². The summed E-state index contributed by atoms with van der Waals surface area (Å²) in [6, 6.07) is 11.9. The van der Waals surface area contributed by atoms with Gasteiger partial charge in [-0.15, -0.1) is 0 Å². The lowest BCUT2D eigenvalue weighted by Crippen LogP contribution is -2.19. The van der Waals surface area contributed by atoms with Crippen LogP contribution < -0.4 is 4.74 Å². The Morgan fingerprint density at radius 2 is 2.22 bits per heavy atom. The highest BCUT2D eigenvalue weighted by atomic mass is 16.5. The molecule has 2 aromatic heterocycles. The first-order chi connectivity index (χ1) is 11.4. The molecule has 0 bridgehead atoms. The smallest absolute Gasteiger partial charge is 0.164 e. The van der Waals surface area contributed by atoms with Crippen LogP contribution in [0.4, 0.5) is 0 Å². The summed E-state index contributed by atoms with van der Waals surface area (Å²) in [4.78, 5) is 9.40. The number of ether oxygens (including phenoxy) is 2. The Bertz CT molecular complexity index is 822. The molecule has 1 saturated heterocycles. The Morgan fingerprint density at radius 3 is 3.04 bits per heavy atom. The monoisotopic (exact) mass is 309 g/mol. The van der Waals surface area contributed by atoms with Gasteiger partial charge in [-0.3, -0.25) is 4.57 Å². The van der Waals surface area contributed by atoms with Gasteiger partial charge in [0.15, 0.2) is 5.65 Å². The molecule has 0 aliphatic carbocycles. The molecule has 3 heterocycles. The largest absolute Gasteiger partial charge is 0.497 e. The van der Waals surface area contributed by atoms with Crippen LogP contribution in [-0.4, -0.2) is 34.9 Å². The zero-order valence-corrected chi connectivity index (χ0v) is 13.1. The van der Waals surface area contributed by atoms with E-state index in [1.165, 1.54) is 0 Å². The van der Waals surface area contributed by atoms with Crippen molar-refractivity contribution in [1.29, 1.82) is 0 Å². The van der Waals surface area contributed by atoms with E-state index in [0.717, 1.165) is 47.9 Å². The molecule has 5 nitrogen and oxygen atoms in total. The molecule has 1 unspecified atom stereocenters. The van der Waals surface area contributed by atoms with Crippen LogP contribution in [0.3, 0.4) is 0 Å². The minimum atomic E-state index is 0.296. The second-order valence-electron chi connectivity index (χ2n) is 5.77. The molecule has 118 valence electrons. The van der Waals surface area contributed by atoms with E-state index in [1.807, 2.05) is 36.5 Å². The van der Waals surface area contributed by atoms with Gasteiger partial charge in [0.25, 0.3) is 0 Å². The third-order valence-corrected chi connectivity index (χ3v) is 4.28. The Labute approximate surface area is 134 Å². The number of hydrogen-bond acceptors (Lipinski definition) is 4. The fourth-order valence-electron chi connectivity index (χ4n) is 3.15. The topological polar surface area (TPSA) is 49.2 Å². The molecule has 5 heteroatoms.